The molecule has 0 bridgehead atoms. The Kier molecular flexibility index (Phi) is 9.07. The van der Waals surface area contributed by atoms with E-state index in [9.17, 15) is 14.7 Å². The fourth-order valence-electron chi connectivity index (χ4n) is 12.8. The summed E-state index contributed by atoms with van der Waals surface area (Å²) in [7, 11) is 1.44. The third-order valence-corrected chi connectivity index (χ3v) is 15.0. The zero-order valence-electron chi connectivity index (χ0n) is 30.1. The van der Waals surface area contributed by atoms with Crippen molar-refractivity contribution in [2.45, 2.75) is 137 Å². The number of allylic oxidation sites excluding steroid dienone is 1. The second-order valence-corrected chi connectivity index (χ2v) is 17.3. The molecule has 8 heteroatoms. The van der Waals surface area contributed by atoms with Crippen molar-refractivity contribution in [3.63, 3.8) is 0 Å². The van der Waals surface area contributed by atoms with E-state index in [0.717, 1.165) is 69.9 Å². The van der Waals surface area contributed by atoms with E-state index in [4.69, 9.17) is 14.2 Å². The molecule has 1 N–H and O–H groups in total. The average Bonchev–Trinajstić information content (AvgIpc) is 3.72. The van der Waals surface area contributed by atoms with Crippen LogP contribution in [0.15, 0.2) is 30.9 Å². The molecule has 0 spiro atoms. The molecule has 4 aliphatic carbocycles. The van der Waals surface area contributed by atoms with Crippen LogP contribution in [0.25, 0.3) is 0 Å². The number of aromatic nitrogens is 2. The fraction of sp³-hybridized carbons (Fsp3) is 0.821. The number of esters is 2. The molecule has 1 aromatic heterocycles. The Bertz CT molecular complexity index is 1340. The lowest BCUT2D eigenvalue weighted by molar-refractivity contribution is -0.255. The quantitative estimate of drug-likeness (QED) is 0.163. The standard InChI is InChI=1S/C39H60N2O6/c1-25(2)26-12-15-39(34(44)46-21-11-9-10-19-41-20-18-40-24-41)17-16-36(5)27(32(26)39)22-28(42)33-37(36,6)14-13-29-35(3,4)47-30(38(29,33)7)23-31(43)45-8/h18,20,24,26-30,32-33,42H,1,9-17,19,21-23H2,2-8H3/t26-,27+,28+,29?,30?,32+,33-,36+,37+,38+,39-/m0/s1. The van der Waals surface area contributed by atoms with Crippen LogP contribution in [-0.4, -0.2) is 58.1 Å². The van der Waals surface area contributed by atoms with E-state index in [0.29, 0.717) is 13.0 Å². The van der Waals surface area contributed by atoms with E-state index in [1.807, 2.05) is 12.5 Å². The number of aryl methyl sites for hydroxylation is 1. The second kappa shape index (κ2) is 12.3. The van der Waals surface area contributed by atoms with Gasteiger partial charge in [0.25, 0.3) is 0 Å². The first-order chi connectivity index (χ1) is 22.2. The maximum atomic E-state index is 14.3. The second-order valence-electron chi connectivity index (χ2n) is 17.3. The summed E-state index contributed by atoms with van der Waals surface area (Å²) in [6.07, 6.45) is 14.0. The molecule has 1 aliphatic heterocycles. The zero-order chi connectivity index (χ0) is 34.0. The number of hydrogen-bond acceptors (Lipinski definition) is 7. The van der Waals surface area contributed by atoms with Gasteiger partial charge in [-0.25, -0.2) is 4.98 Å². The maximum Gasteiger partial charge on any atom is 0.312 e. The fourth-order valence-corrected chi connectivity index (χ4v) is 12.8. The minimum Gasteiger partial charge on any atom is -0.469 e. The third kappa shape index (κ3) is 5.25. The molecule has 1 saturated heterocycles. The predicted molar refractivity (Wildman–Crippen MR) is 180 cm³/mol. The molecule has 0 radical (unpaired) electrons. The summed E-state index contributed by atoms with van der Waals surface area (Å²) in [4.78, 5) is 31.1. The van der Waals surface area contributed by atoms with Gasteiger partial charge in [0.15, 0.2) is 0 Å². The molecule has 47 heavy (non-hydrogen) atoms. The number of hydrogen-bond donors (Lipinski definition) is 1. The molecule has 4 saturated carbocycles. The monoisotopic (exact) mass is 652 g/mol. The summed E-state index contributed by atoms with van der Waals surface area (Å²) in [5, 5.41) is 12.5. The van der Waals surface area contributed by atoms with Crippen LogP contribution in [-0.2, 0) is 30.3 Å². The Hall–Kier alpha value is -2.19. The SMILES string of the molecule is C=C(C)[C@@H]1CC[C@]2(C(=O)OCCCCCn3ccnc3)CC[C@]3(C)[C@H](C[C@@H](O)[C@@H]4[C@@]5(C)C(CC(=O)OC)OC(C)(C)C5CC[C@]43C)[C@@H]12. The van der Waals surface area contributed by atoms with Crippen molar-refractivity contribution >= 4 is 11.9 Å². The Morgan fingerprint density at radius 2 is 1.81 bits per heavy atom. The number of aliphatic hydroxyl groups is 1. The van der Waals surface area contributed by atoms with Gasteiger partial charge >= 0.3 is 11.9 Å². The molecule has 0 amide bonds. The summed E-state index contributed by atoms with van der Waals surface area (Å²) < 4.78 is 20.1. The summed E-state index contributed by atoms with van der Waals surface area (Å²) in [5.41, 5.74) is -0.435. The number of ether oxygens (including phenoxy) is 3. The number of nitrogens with zero attached hydrogens (tertiary/aromatic N) is 2. The third-order valence-electron chi connectivity index (χ3n) is 15.0. The molecule has 1 aromatic rings. The van der Waals surface area contributed by atoms with Gasteiger partial charge in [0.1, 0.15) is 0 Å². The lowest BCUT2D eigenvalue weighted by Crippen LogP contribution is -2.69. The maximum absolute atomic E-state index is 14.3. The highest BCUT2D eigenvalue weighted by Gasteiger charge is 2.76. The number of fused-ring (bicyclic) bond motifs is 7. The Morgan fingerprint density at radius 1 is 1.04 bits per heavy atom. The van der Waals surface area contributed by atoms with E-state index in [-0.39, 0.29) is 70.3 Å². The highest BCUT2D eigenvalue weighted by atomic mass is 16.5. The summed E-state index contributed by atoms with van der Waals surface area (Å²) in [6, 6.07) is 0. The molecular formula is C39H60N2O6. The van der Waals surface area contributed by atoms with Crippen LogP contribution in [0.1, 0.15) is 112 Å². The molecule has 262 valence electrons. The first-order valence-electron chi connectivity index (χ1n) is 18.4. The van der Waals surface area contributed by atoms with E-state index in [1.165, 1.54) is 7.11 Å². The Labute approximate surface area is 282 Å². The number of rotatable bonds is 10. The van der Waals surface area contributed by atoms with Crippen molar-refractivity contribution in [3.05, 3.63) is 30.9 Å². The molecule has 5 aliphatic rings. The molecule has 11 atom stereocenters. The average molecular weight is 653 g/mol. The molecular weight excluding hydrogens is 592 g/mol. The lowest BCUT2D eigenvalue weighted by atomic mass is 9.33. The number of imidazole rings is 1. The van der Waals surface area contributed by atoms with Crippen molar-refractivity contribution < 1.29 is 28.9 Å². The topological polar surface area (TPSA) is 99.9 Å². The zero-order valence-corrected chi connectivity index (χ0v) is 30.1. The number of unbranched alkanes of at least 4 members (excludes halogenated alkanes) is 2. The van der Waals surface area contributed by atoms with Crippen LogP contribution in [0.4, 0.5) is 0 Å². The van der Waals surface area contributed by atoms with Gasteiger partial charge in [-0.05, 0) is 125 Å². The van der Waals surface area contributed by atoms with Crippen LogP contribution < -0.4 is 0 Å². The molecule has 2 heterocycles. The number of carbonyl (C=O) groups is 2. The van der Waals surface area contributed by atoms with E-state index in [2.05, 4.69) is 57.7 Å². The highest BCUT2D eigenvalue weighted by molar-refractivity contribution is 5.78. The summed E-state index contributed by atoms with van der Waals surface area (Å²) in [6.45, 7) is 19.5. The smallest absolute Gasteiger partial charge is 0.312 e. The van der Waals surface area contributed by atoms with Crippen molar-refractivity contribution in [3.8, 4) is 0 Å². The van der Waals surface area contributed by atoms with Gasteiger partial charge in [-0.1, -0.05) is 32.9 Å². The first-order valence-corrected chi connectivity index (χ1v) is 18.4. The van der Waals surface area contributed by atoms with E-state index >= 15 is 0 Å². The minimum absolute atomic E-state index is 0.0237. The molecule has 8 nitrogen and oxygen atoms in total. The summed E-state index contributed by atoms with van der Waals surface area (Å²) >= 11 is 0. The Morgan fingerprint density at radius 3 is 2.49 bits per heavy atom. The van der Waals surface area contributed by atoms with Gasteiger partial charge < -0.3 is 23.9 Å². The van der Waals surface area contributed by atoms with Crippen LogP contribution in [0.3, 0.4) is 0 Å². The summed E-state index contributed by atoms with van der Waals surface area (Å²) in [5.74, 6) is 0.430. The molecule has 5 fully saturated rings. The van der Waals surface area contributed by atoms with Crippen molar-refractivity contribution in [1.82, 2.24) is 9.55 Å². The molecule has 2 unspecified atom stereocenters. The van der Waals surface area contributed by atoms with E-state index in [1.54, 1.807) is 6.20 Å². The highest BCUT2D eigenvalue weighted by Crippen LogP contribution is 2.77. The Balaban J connectivity index is 1.26. The largest absolute Gasteiger partial charge is 0.469 e. The van der Waals surface area contributed by atoms with Crippen LogP contribution in [0.5, 0.6) is 0 Å². The normalized spacial score (nSPS) is 43.3. The van der Waals surface area contributed by atoms with Gasteiger partial charge in [0.2, 0.25) is 0 Å². The number of methoxy groups -OCH3 is 1. The first kappa shape index (κ1) is 34.7. The van der Waals surface area contributed by atoms with Gasteiger partial charge in [0, 0.05) is 24.4 Å². The van der Waals surface area contributed by atoms with Gasteiger partial charge in [-0.15, -0.1) is 0 Å². The van der Waals surface area contributed by atoms with Crippen molar-refractivity contribution in [1.29, 1.82) is 0 Å². The number of aliphatic hydroxyl groups excluding tert-OH is 1. The lowest BCUT2D eigenvalue weighted by Gasteiger charge is -2.71. The minimum atomic E-state index is -0.558. The van der Waals surface area contributed by atoms with Crippen LogP contribution in [0.2, 0.25) is 0 Å². The van der Waals surface area contributed by atoms with Crippen LogP contribution in [0, 0.1) is 51.2 Å². The predicted octanol–water partition coefficient (Wildman–Crippen LogP) is 7.15. The van der Waals surface area contributed by atoms with Crippen molar-refractivity contribution in [2.24, 2.45) is 51.2 Å². The van der Waals surface area contributed by atoms with Crippen LogP contribution >= 0.6 is 0 Å². The molecule has 6 rings (SSSR count). The molecule has 0 aromatic carbocycles. The number of carbonyl (C=O) groups excluding carboxylic acids is 2. The van der Waals surface area contributed by atoms with Gasteiger partial charge in [-0.2, -0.15) is 0 Å². The van der Waals surface area contributed by atoms with Gasteiger partial charge in [0.05, 0.1) is 49.7 Å². The van der Waals surface area contributed by atoms with E-state index < -0.39 is 17.1 Å². The van der Waals surface area contributed by atoms with Crippen molar-refractivity contribution in [2.75, 3.05) is 13.7 Å². The van der Waals surface area contributed by atoms with Gasteiger partial charge in [-0.3, -0.25) is 9.59 Å².